The monoisotopic (exact) mass is 233 g/mol. The second kappa shape index (κ2) is 5.50. The molecule has 1 aromatic heterocycles. The molecule has 0 bridgehead atoms. The van der Waals surface area contributed by atoms with Crippen LogP contribution in [0.2, 0.25) is 0 Å². The van der Waals surface area contributed by atoms with Crippen LogP contribution in [0.25, 0.3) is 0 Å². The molecular weight excluding hydrogens is 210 g/mol. The molecule has 1 aromatic rings. The van der Waals surface area contributed by atoms with Crippen LogP contribution in [-0.4, -0.2) is 18.1 Å². The fraction of sp³-hybridized carbons (Fsp3) is 0.643. The Bertz CT molecular complexity index is 356. The van der Waals surface area contributed by atoms with E-state index in [1.165, 1.54) is 25.7 Å². The molecule has 17 heavy (non-hydrogen) atoms. The summed E-state index contributed by atoms with van der Waals surface area (Å²) in [6.45, 7) is 2.87. The van der Waals surface area contributed by atoms with Gasteiger partial charge < -0.3 is 10.6 Å². The first-order valence-corrected chi connectivity index (χ1v) is 6.59. The first-order valence-electron chi connectivity index (χ1n) is 6.59. The van der Waals surface area contributed by atoms with E-state index in [2.05, 4.69) is 29.9 Å². The Hall–Kier alpha value is -1.09. The van der Waals surface area contributed by atoms with Gasteiger partial charge in [0.2, 0.25) is 0 Å². The van der Waals surface area contributed by atoms with Crippen molar-refractivity contribution in [2.75, 3.05) is 11.9 Å². The molecule has 2 N–H and O–H groups in total. The van der Waals surface area contributed by atoms with Gasteiger partial charge in [-0.1, -0.05) is 13.0 Å². The van der Waals surface area contributed by atoms with E-state index in [1.807, 2.05) is 12.1 Å². The van der Waals surface area contributed by atoms with Crippen molar-refractivity contribution < 1.29 is 0 Å². The molecule has 2 rings (SSSR count). The Morgan fingerprint density at radius 1 is 1.29 bits per heavy atom. The van der Waals surface area contributed by atoms with Crippen LogP contribution in [0, 0.1) is 5.92 Å². The standard InChI is InChI=1S/C14H23N3/c1-11-6-8-13(9-7-11)17(2)14-5-3-4-12(10-15)16-14/h3-5,11,13H,6-10,15H2,1-2H3. The van der Waals surface area contributed by atoms with Gasteiger partial charge in [-0.2, -0.15) is 0 Å². The van der Waals surface area contributed by atoms with Crippen LogP contribution in [0.1, 0.15) is 38.3 Å². The number of anilines is 1. The zero-order valence-corrected chi connectivity index (χ0v) is 10.9. The number of hydrogen-bond donors (Lipinski definition) is 1. The highest BCUT2D eigenvalue weighted by molar-refractivity contribution is 5.39. The highest BCUT2D eigenvalue weighted by Crippen LogP contribution is 2.28. The Morgan fingerprint density at radius 3 is 2.65 bits per heavy atom. The molecule has 1 fully saturated rings. The highest BCUT2D eigenvalue weighted by atomic mass is 15.2. The third-order valence-corrected chi connectivity index (χ3v) is 3.90. The molecule has 3 heteroatoms. The minimum Gasteiger partial charge on any atom is -0.357 e. The Balaban J connectivity index is 2.05. The summed E-state index contributed by atoms with van der Waals surface area (Å²) in [6.07, 6.45) is 5.25. The van der Waals surface area contributed by atoms with Crippen molar-refractivity contribution in [2.24, 2.45) is 11.7 Å². The molecule has 94 valence electrons. The molecule has 0 atom stereocenters. The van der Waals surface area contributed by atoms with E-state index in [-0.39, 0.29) is 0 Å². The maximum atomic E-state index is 5.63. The van der Waals surface area contributed by atoms with Gasteiger partial charge in [-0.3, -0.25) is 0 Å². The van der Waals surface area contributed by atoms with Gasteiger partial charge in [0.1, 0.15) is 5.82 Å². The number of nitrogens with zero attached hydrogens (tertiary/aromatic N) is 2. The Labute approximate surface area is 104 Å². The first-order chi connectivity index (χ1) is 8.20. The van der Waals surface area contributed by atoms with Gasteiger partial charge in [0.05, 0.1) is 5.69 Å². The van der Waals surface area contributed by atoms with Gasteiger partial charge in [-0.25, -0.2) is 4.98 Å². The number of hydrogen-bond acceptors (Lipinski definition) is 3. The normalized spacial score (nSPS) is 24.6. The summed E-state index contributed by atoms with van der Waals surface area (Å²) in [6, 6.07) is 6.76. The van der Waals surface area contributed by atoms with Crippen LogP contribution in [0.3, 0.4) is 0 Å². The van der Waals surface area contributed by atoms with Crippen molar-refractivity contribution in [1.29, 1.82) is 0 Å². The van der Waals surface area contributed by atoms with Crippen LogP contribution >= 0.6 is 0 Å². The highest BCUT2D eigenvalue weighted by Gasteiger charge is 2.22. The van der Waals surface area contributed by atoms with Gasteiger partial charge in [0, 0.05) is 19.6 Å². The Morgan fingerprint density at radius 2 is 2.00 bits per heavy atom. The number of nitrogens with two attached hydrogens (primary N) is 1. The van der Waals surface area contributed by atoms with Crippen molar-refractivity contribution in [3.8, 4) is 0 Å². The fourth-order valence-electron chi connectivity index (χ4n) is 2.59. The van der Waals surface area contributed by atoms with Crippen molar-refractivity contribution in [3.63, 3.8) is 0 Å². The zero-order chi connectivity index (χ0) is 12.3. The fourth-order valence-corrected chi connectivity index (χ4v) is 2.59. The number of rotatable bonds is 3. The van der Waals surface area contributed by atoms with E-state index in [0.717, 1.165) is 17.4 Å². The van der Waals surface area contributed by atoms with Crippen LogP contribution in [0.5, 0.6) is 0 Å². The summed E-state index contributed by atoms with van der Waals surface area (Å²) in [5.41, 5.74) is 6.61. The predicted octanol–water partition coefficient (Wildman–Crippen LogP) is 2.56. The largest absolute Gasteiger partial charge is 0.357 e. The molecule has 1 heterocycles. The molecule has 0 spiro atoms. The van der Waals surface area contributed by atoms with Crippen molar-refractivity contribution >= 4 is 5.82 Å². The van der Waals surface area contributed by atoms with Crippen molar-refractivity contribution in [3.05, 3.63) is 23.9 Å². The molecule has 0 radical (unpaired) electrons. The first kappa shape index (κ1) is 12.4. The number of aromatic nitrogens is 1. The van der Waals surface area contributed by atoms with Gasteiger partial charge in [-0.05, 0) is 43.7 Å². The lowest BCUT2D eigenvalue weighted by Crippen LogP contribution is -2.35. The topological polar surface area (TPSA) is 42.1 Å². The maximum absolute atomic E-state index is 5.63. The van der Waals surface area contributed by atoms with Crippen LogP contribution in [-0.2, 0) is 6.54 Å². The van der Waals surface area contributed by atoms with E-state index in [9.17, 15) is 0 Å². The molecule has 3 nitrogen and oxygen atoms in total. The predicted molar refractivity (Wildman–Crippen MR) is 72.0 cm³/mol. The van der Waals surface area contributed by atoms with Crippen LogP contribution < -0.4 is 10.6 Å². The van der Waals surface area contributed by atoms with E-state index in [4.69, 9.17) is 5.73 Å². The average Bonchev–Trinajstić information content (AvgIpc) is 2.39. The lowest BCUT2D eigenvalue weighted by Gasteiger charge is -2.34. The minimum absolute atomic E-state index is 0.517. The van der Waals surface area contributed by atoms with Gasteiger partial charge in [-0.15, -0.1) is 0 Å². The van der Waals surface area contributed by atoms with Crippen LogP contribution in [0.15, 0.2) is 18.2 Å². The molecule has 1 aliphatic rings. The van der Waals surface area contributed by atoms with E-state index in [1.54, 1.807) is 0 Å². The van der Waals surface area contributed by atoms with Gasteiger partial charge in [0.15, 0.2) is 0 Å². The smallest absolute Gasteiger partial charge is 0.128 e. The summed E-state index contributed by atoms with van der Waals surface area (Å²) >= 11 is 0. The van der Waals surface area contributed by atoms with Crippen molar-refractivity contribution in [1.82, 2.24) is 4.98 Å². The molecule has 1 saturated carbocycles. The summed E-state index contributed by atoms with van der Waals surface area (Å²) in [5, 5.41) is 0. The molecule has 0 amide bonds. The van der Waals surface area contributed by atoms with Crippen LogP contribution in [0.4, 0.5) is 5.82 Å². The summed E-state index contributed by atoms with van der Waals surface area (Å²) in [7, 11) is 2.16. The number of pyridine rings is 1. The third-order valence-electron chi connectivity index (χ3n) is 3.90. The van der Waals surface area contributed by atoms with Gasteiger partial charge in [0.25, 0.3) is 0 Å². The SMILES string of the molecule is CC1CCC(N(C)c2cccc(CN)n2)CC1. The molecule has 1 aliphatic carbocycles. The Kier molecular flexibility index (Phi) is 4.00. The van der Waals surface area contributed by atoms with E-state index >= 15 is 0 Å². The minimum atomic E-state index is 0.517. The van der Waals surface area contributed by atoms with E-state index in [0.29, 0.717) is 12.6 Å². The van der Waals surface area contributed by atoms with E-state index < -0.39 is 0 Å². The summed E-state index contributed by atoms with van der Waals surface area (Å²) in [4.78, 5) is 6.91. The van der Waals surface area contributed by atoms with Gasteiger partial charge >= 0.3 is 0 Å². The second-order valence-corrected chi connectivity index (χ2v) is 5.22. The zero-order valence-electron chi connectivity index (χ0n) is 10.9. The maximum Gasteiger partial charge on any atom is 0.128 e. The molecule has 0 saturated heterocycles. The average molecular weight is 233 g/mol. The molecule has 0 unspecified atom stereocenters. The summed E-state index contributed by atoms with van der Waals surface area (Å²) in [5.74, 6) is 1.95. The second-order valence-electron chi connectivity index (χ2n) is 5.22. The third kappa shape index (κ3) is 2.97. The lowest BCUT2D eigenvalue weighted by molar-refractivity contribution is 0.340. The molecular formula is C14H23N3. The quantitative estimate of drug-likeness (QED) is 0.872. The van der Waals surface area contributed by atoms with Crippen molar-refractivity contribution in [2.45, 2.75) is 45.2 Å². The lowest BCUT2D eigenvalue weighted by atomic mass is 9.87. The summed E-state index contributed by atoms with van der Waals surface area (Å²) < 4.78 is 0. The molecule has 0 aromatic carbocycles. The molecule has 0 aliphatic heterocycles.